The van der Waals surface area contributed by atoms with E-state index in [9.17, 15) is 9.59 Å². The highest BCUT2D eigenvalue weighted by Crippen LogP contribution is 2.00. The van der Waals surface area contributed by atoms with Gasteiger partial charge in [0.2, 0.25) is 5.91 Å². The van der Waals surface area contributed by atoms with Crippen molar-refractivity contribution >= 4 is 11.9 Å². The van der Waals surface area contributed by atoms with Crippen molar-refractivity contribution in [3.05, 3.63) is 18.0 Å². The predicted molar refractivity (Wildman–Crippen MR) is 65.8 cm³/mol. The van der Waals surface area contributed by atoms with Crippen LogP contribution in [0.2, 0.25) is 0 Å². The normalized spacial score (nSPS) is 10.1. The molecule has 2 N–H and O–H groups in total. The van der Waals surface area contributed by atoms with E-state index in [1.165, 1.54) is 7.11 Å². The second-order valence-corrected chi connectivity index (χ2v) is 4.00. The highest BCUT2D eigenvalue weighted by Gasteiger charge is 2.03. The molecule has 18 heavy (non-hydrogen) atoms. The molecule has 0 spiro atoms. The van der Waals surface area contributed by atoms with E-state index in [0.717, 1.165) is 25.0 Å². The van der Waals surface area contributed by atoms with E-state index in [0.29, 0.717) is 19.4 Å². The topological polar surface area (TPSA) is 84.1 Å². The maximum Gasteiger partial charge on any atom is 0.305 e. The Morgan fingerprint density at radius 1 is 1.39 bits per heavy atom. The summed E-state index contributed by atoms with van der Waals surface area (Å²) in [5.41, 5.74) is 0.804. The zero-order valence-electron chi connectivity index (χ0n) is 10.6. The van der Waals surface area contributed by atoms with Crippen molar-refractivity contribution in [2.75, 3.05) is 13.7 Å². The van der Waals surface area contributed by atoms with Gasteiger partial charge in [-0.05, 0) is 18.9 Å². The third kappa shape index (κ3) is 6.03. The van der Waals surface area contributed by atoms with E-state index < -0.39 is 0 Å². The van der Waals surface area contributed by atoms with E-state index in [2.05, 4.69) is 20.3 Å². The second kappa shape index (κ2) is 8.27. The summed E-state index contributed by atoms with van der Waals surface area (Å²) in [4.78, 5) is 22.3. The Morgan fingerprint density at radius 3 is 2.89 bits per heavy atom. The number of carbonyl (C=O) groups is 2. The lowest BCUT2D eigenvalue weighted by Gasteiger charge is -2.04. The van der Waals surface area contributed by atoms with Gasteiger partial charge < -0.3 is 10.1 Å². The largest absolute Gasteiger partial charge is 0.469 e. The van der Waals surface area contributed by atoms with Gasteiger partial charge in [0.05, 0.1) is 13.5 Å². The molecule has 0 saturated heterocycles. The molecule has 0 saturated carbocycles. The quantitative estimate of drug-likeness (QED) is 0.530. The Balaban J connectivity index is 1.97. The van der Waals surface area contributed by atoms with Crippen LogP contribution in [0, 0.1) is 0 Å². The average molecular weight is 253 g/mol. The summed E-state index contributed by atoms with van der Waals surface area (Å²) >= 11 is 0. The second-order valence-electron chi connectivity index (χ2n) is 4.00. The van der Waals surface area contributed by atoms with Gasteiger partial charge in [0.25, 0.3) is 0 Å². The number of nitrogens with zero attached hydrogens (tertiary/aromatic N) is 1. The maximum atomic E-state index is 11.5. The number of aromatic nitrogens is 2. The van der Waals surface area contributed by atoms with Crippen molar-refractivity contribution in [3.8, 4) is 0 Å². The van der Waals surface area contributed by atoms with Crippen LogP contribution in [0.25, 0.3) is 0 Å². The number of esters is 1. The van der Waals surface area contributed by atoms with Gasteiger partial charge in [-0.1, -0.05) is 6.42 Å². The van der Waals surface area contributed by atoms with Crippen LogP contribution in [0.5, 0.6) is 0 Å². The van der Waals surface area contributed by atoms with Crippen LogP contribution in [0.15, 0.2) is 12.3 Å². The van der Waals surface area contributed by atoms with Crippen LogP contribution in [0.3, 0.4) is 0 Å². The molecule has 0 aromatic carbocycles. The molecule has 6 nitrogen and oxygen atoms in total. The molecule has 1 aromatic heterocycles. The Hall–Kier alpha value is -1.85. The maximum absolute atomic E-state index is 11.5. The molecule has 0 aliphatic heterocycles. The fourth-order valence-electron chi connectivity index (χ4n) is 1.52. The number of methoxy groups -OCH3 is 1. The van der Waals surface area contributed by atoms with Crippen molar-refractivity contribution in [2.24, 2.45) is 0 Å². The lowest BCUT2D eigenvalue weighted by atomic mass is 10.2. The Labute approximate surface area is 106 Å². The van der Waals surface area contributed by atoms with Crippen LogP contribution >= 0.6 is 0 Å². The van der Waals surface area contributed by atoms with E-state index >= 15 is 0 Å². The third-order valence-electron chi connectivity index (χ3n) is 2.52. The minimum atomic E-state index is -0.182. The first-order valence-corrected chi connectivity index (χ1v) is 6.04. The molecule has 100 valence electrons. The number of H-pyrrole nitrogens is 1. The summed E-state index contributed by atoms with van der Waals surface area (Å²) in [6, 6.07) is 1.77. The van der Waals surface area contributed by atoms with Crippen LogP contribution in [0.1, 0.15) is 31.4 Å². The standard InChI is InChI=1S/C12H19N3O3/c1-18-12(17)5-3-2-4-7-13-11(16)9-10-6-8-14-15-10/h6,8H,2-5,7,9H2,1H3,(H,13,16)(H,14,15). The first kappa shape index (κ1) is 14.2. The number of amides is 1. The monoisotopic (exact) mass is 253 g/mol. The molecular formula is C12H19N3O3. The number of carbonyl (C=O) groups excluding carboxylic acids is 2. The van der Waals surface area contributed by atoms with E-state index in [1.807, 2.05) is 0 Å². The summed E-state index contributed by atoms with van der Waals surface area (Å²) in [5.74, 6) is -0.203. The number of ether oxygens (including phenoxy) is 1. The fourth-order valence-corrected chi connectivity index (χ4v) is 1.52. The summed E-state index contributed by atoms with van der Waals surface area (Å²) in [7, 11) is 1.39. The van der Waals surface area contributed by atoms with Gasteiger partial charge in [-0.25, -0.2) is 0 Å². The highest BCUT2D eigenvalue weighted by molar-refractivity contribution is 5.77. The zero-order chi connectivity index (χ0) is 13.2. The minimum Gasteiger partial charge on any atom is -0.469 e. The number of rotatable bonds is 8. The Morgan fingerprint density at radius 2 is 2.22 bits per heavy atom. The van der Waals surface area contributed by atoms with Crippen LogP contribution in [-0.2, 0) is 20.7 Å². The number of hydrogen-bond acceptors (Lipinski definition) is 4. The van der Waals surface area contributed by atoms with E-state index in [1.54, 1.807) is 12.3 Å². The van der Waals surface area contributed by atoms with Crippen LogP contribution in [-0.4, -0.2) is 35.7 Å². The van der Waals surface area contributed by atoms with Crippen molar-refractivity contribution in [1.29, 1.82) is 0 Å². The lowest BCUT2D eigenvalue weighted by Crippen LogP contribution is -2.26. The molecule has 0 bridgehead atoms. The van der Waals surface area contributed by atoms with Gasteiger partial charge >= 0.3 is 5.97 Å². The first-order valence-electron chi connectivity index (χ1n) is 6.04. The smallest absolute Gasteiger partial charge is 0.305 e. The molecule has 0 aliphatic carbocycles. The number of nitrogens with one attached hydrogen (secondary N) is 2. The van der Waals surface area contributed by atoms with Gasteiger partial charge in [-0.3, -0.25) is 14.7 Å². The molecule has 0 radical (unpaired) electrons. The van der Waals surface area contributed by atoms with Gasteiger partial charge in [0, 0.05) is 24.9 Å². The summed E-state index contributed by atoms with van der Waals surface area (Å²) in [6.07, 6.45) is 4.95. The predicted octanol–water partition coefficient (Wildman–Crippen LogP) is 0.802. The molecule has 0 aliphatic rings. The summed E-state index contributed by atoms with van der Waals surface area (Å²) in [6.45, 7) is 0.633. The molecule has 1 heterocycles. The van der Waals surface area contributed by atoms with Gasteiger partial charge in [0.15, 0.2) is 0 Å². The highest BCUT2D eigenvalue weighted by atomic mass is 16.5. The van der Waals surface area contributed by atoms with E-state index in [-0.39, 0.29) is 11.9 Å². The zero-order valence-corrected chi connectivity index (χ0v) is 10.6. The van der Waals surface area contributed by atoms with Gasteiger partial charge in [0.1, 0.15) is 0 Å². The SMILES string of the molecule is COC(=O)CCCCCNC(=O)Cc1ccn[nH]1. The average Bonchev–Trinajstić information content (AvgIpc) is 2.85. The van der Waals surface area contributed by atoms with E-state index in [4.69, 9.17) is 0 Å². The molecule has 6 heteroatoms. The van der Waals surface area contributed by atoms with Crippen LogP contribution in [0.4, 0.5) is 0 Å². The fraction of sp³-hybridized carbons (Fsp3) is 0.583. The molecule has 1 rings (SSSR count). The molecule has 0 unspecified atom stereocenters. The lowest BCUT2D eigenvalue weighted by molar-refractivity contribution is -0.140. The third-order valence-corrected chi connectivity index (χ3v) is 2.52. The van der Waals surface area contributed by atoms with Gasteiger partial charge in [-0.15, -0.1) is 0 Å². The number of hydrogen-bond donors (Lipinski definition) is 2. The van der Waals surface area contributed by atoms with Gasteiger partial charge in [-0.2, -0.15) is 5.10 Å². The molecule has 0 fully saturated rings. The molecule has 0 atom stereocenters. The van der Waals surface area contributed by atoms with Crippen molar-refractivity contribution in [1.82, 2.24) is 15.5 Å². The van der Waals surface area contributed by atoms with Crippen molar-refractivity contribution in [3.63, 3.8) is 0 Å². The molecule has 1 aromatic rings. The summed E-state index contributed by atoms with van der Waals surface area (Å²) < 4.78 is 4.54. The number of unbranched alkanes of at least 4 members (excludes halogenated alkanes) is 2. The van der Waals surface area contributed by atoms with Crippen molar-refractivity contribution in [2.45, 2.75) is 32.1 Å². The molecular weight excluding hydrogens is 234 g/mol. The summed E-state index contributed by atoms with van der Waals surface area (Å²) in [5, 5.41) is 9.33. The minimum absolute atomic E-state index is 0.0211. The Kier molecular flexibility index (Phi) is 6.53. The first-order chi connectivity index (χ1) is 8.72. The Bertz CT molecular complexity index is 363. The van der Waals surface area contributed by atoms with Crippen LogP contribution < -0.4 is 5.32 Å². The molecule has 1 amide bonds. The van der Waals surface area contributed by atoms with Crippen molar-refractivity contribution < 1.29 is 14.3 Å². The number of aromatic amines is 1.